The first-order valence-electron chi connectivity index (χ1n) is 8.17. The summed E-state index contributed by atoms with van der Waals surface area (Å²) in [7, 11) is 2.89. The summed E-state index contributed by atoms with van der Waals surface area (Å²) in [6, 6.07) is 6.83. The van der Waals surface area contributed by atoms with Crippen molar-refractivity contribution in [3.8, 4) is 11.5 Å². The van der Waals surface area contributed by atoms with E-state index in [2.05, 4.69) is 15.5 Å². The molecule has 0 radical (unpaired) electrons. The number of carbonyl (C=O) groups excluding carboxylic acids is 2. The lowest BCUT2D eigenvalue weighted by molar-refractivity contribution is -0.126. The number of aryl methyl sites for hydroxylation is 1. The molecule has 0 saturated heterocycles. The number of nitrogens with one attached hydrogen (secondary N) is 1. The van der Waals surface area contributed by atoms with E-state index in [4.69, 9.17) is 32.7 Å². The summed E-state index contributed by atoms with van der Waals surface area (Å²) in [6.07, 6.45) is 0. The van der Waals surface area contributed by atoms with E-state index in [1.54, 1.807) is 12.1 Å². The zero-order chi connectivity index (χ0) is 20.8. The van der Waals surface area contributed by atoms with Gasteiger partial charge in [-0.1, -0.05) is 35.3 Å². The summed E-state index contributed by atoms with van der Waals surface area (Å²) in [5.41, 5.74) is 1.44. The van der Waals surface area contributed by atoms with Gasteiger partial charge >= 0.3 is 0 Å². The molecule has 0 aliphatic rings. The number of amides is 1. The van der Waals surface area contributed by atoms with Crippen LogP contribution in [0.25, 0.3) is 0 Å². The molecule has 1 N–H and O–H groups in total. The van der Waals surface area contributed by atoms with E-state index in [1.165, 1.54) is 33.3 Å². The van der Waals surface area contributed by atoms with Crippen LogP contribution in [0.1, 0.15) is 12.5 Å². The standard InChI is InChI=1S/C19H19Cl2N3O4/c1-10-6-5-7-13(17(10)21)23-24-18(11(2)25)19(26)22-14-8-12(20)15(27-3)9-16(14)28-4/h5-9,18H,1-4H3,(H,22,26). The molecule has 0 heterocycles. The number of hydrogen-bond acceptors (Lipinski definition) is 6. The van der Waals surface area contributed by atoms with Crippen LogP contribution in [0, 0.1) is 6.92 Å². The first-order chi connectivity index (χ1) is 13.3. The molecule has 148 valence electrons. The number of ketones is 1. The molecule has 1 atom stereocenters. The Bertz CT molecular complexity index is 932. The second-order valence-electron chi connectivity index (χ2n) is 5.81. The fraction of sp³-hybridized carbons (Fsp3) is 0.263. The normalized spacial score (nSPS) is 11.9. The van der Waals surface area contributed by atoms with Gasteiger partial charge in [0, 0.05) is 6.07 Å². The Kier molecular flexibility index (Phi) is 7.37. The number of Topliss-reactive ketones (excluding diaryl/α,β-unsaturated/α-hetero) is 1. The van der Waals surface area contributed by atoms with Gasteiger partial charge in [-0.2, -0.15) is 10.2 Å². The lowest BCUT2D eigenvalue weighted by Gasteiger charge is -2.14. The monoisotopic (exact) mass is 423 g/mol. The summed E-state index contributed by atoms with van der Waals surface area (Å²) in [5.74, 6) is -0.466. The van der Waals surface area contributed by atoms with Crippen molar-refractivity contribution in [2.45, 2.75) is 19.9 Å². The first kappa shape index (κ1) is 21.7. The zero-order valence-electron chi connectivity index (χ0n) is 15.7. The zero-order valence-corrected chi connectivity index (χ0v) is 17.3. The number of ether oxygens (including phenoxy) is 2. The van der Waals surface area contributed by atoms with E-state index < -0.39 is 17.7 Å². The van der Waals surface area contributed by atoms with Crippen LogP contribution in [-0.2, 0) is 9.59 Å². The summed E-state index contributed by atoms with van der Waals surface area (Å²) in [5, 5.41) is 11.1. The van der Waals surface area contributed by atoms with Crippen molar-refractivity contribution < 1.29 is 19.1 Å². The Labute approximate surface area is 172 Å². The molecule has 2 aromatic rings. The summed E-state index contributed by atoms with van der Waals surface area (Å²) >= 11 is 12.3. The highest BCUT2D eigenvalue weighted by molar-refractivity contribution is 6.33. The topological polar surface area (TPSA) is 89.3 Å². The van der Waals surface area contributed by atoms with Gasteiger partial charge in [0.2, 0.25) is 6.04 Å². The Morgan fingerprint density at radius 1 is 1.11 bits per heavy atom. The van der Waals surface area contributed by atoms with Crippen LogP contribution >= 0.6 is 23.2 Å². The van der Waals surface area contributed by atoms with Gasteiger partial charge in [0.25, 0.3) is 5.91 Å². The third-order valence-electron chi connectivity index (χ3n) is 3.82. The van der Waals surface area contributed by atoms with Crippen LogP contribution in [0.4, 0.5) is 11.4 Å². The van der Waals surface area contributed by atoms with Crippen LogP contribution in [0.15, 0.2) is 40.6 Å². The number of hydrogen-bond donors (Lipinski definition) is 1. The number of anilines is 1. The molecule has 0 aliphatic heterocycles. The van der Waals surface area contributed by atoms with Gasteiger partial charge < -0.3 is 14.8 Å². The van der Waals surface area contributed by atoms with Gasteiger partial charge in [-0.15, -0.1) is 0 Å². The van der Waals surface area contributed by atoms with Gasteiger partial charge in [-0.3, -0.25) is 9.59 Å². The van der Waals surface area contributed by atoms with Crippen molar-refractivity contribution in [3.05, 3.63) is 45.9 Å². The highest BCUT2D eigenvalue weighted by Crippen LogP contribution is 2.36. The maximum Gasteiger partial charge on any atom is 0.258 e. The minimum Gasteiger partial charge on any atom is -0.495 e. The highest BCUT2D eigenvalue weighted by atomic mass is 35.5. The largest absolute Gasteiger partial charge is 0.495 e. The molecule has 2 aromatic carbocycles. The van der Waals surface area contributed by atoms with Gasteiger partial charge in [0.15, 0.2) is 5.78 Å². The molecule has 2 rings (SSSR count). The third-order valence-corrected chi connectivity index (χ3v) is 4.60. The average Bonchev–Trinajstić information content (AvgIpc) is 2.65. The maximum atomic E-state index is 12.6. The van der Waals surface area contributed by atoms with Crippen LogP contribution < -0.4 is 14.8 Å². The van der Waals surface area contributed by atoms with E-state index in [0.29, 0.717) is 22.2 Å². The average molecular weight is 424 g/mol. The number of benzene rings is 2. The van der Waals surface area contributed by atoms with Gasteiger partial charge in [0.1, 0.15) is 17.2 Å². The lowest BCUT2D eigenvalue weighted by atomic mass is 10.2. The SMILES string of the molecule is COc1cc(OC)c(NC(=O)C(N=Nc2cccc(C)c2Cl)C(C)=O)cc1Cl. The number of halogens is 2. The number of rotatable bonds is 7. The van der Waals surface area contributed by atoms with E-state index in [1.807, 2.05) is 13.0 Å². The van der Waals surface area contributed by atoms with Crippen LogP contribution in [0.5, 0.6) is 11.5 Å². The third kappa shape index (κ3) is 4.99. The molecule has 9 heteroatoms. The summed E-state index contributed by atoms with van der Waals surface area (Å²) < 4.78 is 10.3. The van der Waals surface area contributed by atoms with Crippen molar-refractivity contribution in [2.75, 3.05) is 19.5 Å². The minimum absolute atomic E-state index is 0.270. The molecule has 0 spiro atoms. The number of azo groups is 1. The van der Waals surface area contributed by atoms with Crippen molar-refractivity contribution in [2.24, 2.45) is 10.2 Å². The Morgan fingerprint density at radius 2 is 1.79 bits per heavy atom. The molecule has 7 nitrogen and oxygen atoms in total. The highest BCUT2D eigenvalue weighted by Gasteiger charge is 2.25. The molecular weight excluding hydrogens is 405 g/mol. The van der Waals surface area contributed by atoms with E-state index in [-0.39, 0.29) is 10.7 Å². The molecular formula is C19H19Cl2N3O4. The predicted octanol–water partition coefficient (Wildman–Crippen LogP) is 5.00. The summed E-state index contributed by atoms with van der Waals surface area (Å²) in [4.78, 5) is 24.6. The molecule has 0 aliphatic carbocycles. The number of carbonyl (C=O) groups is 2. The smallest absolute Gasteiger partial charge is 0.258 e. The quantitative estimate of drug-likeness (QED) is 0.501. The van der Waals surface area contributed by atoms with E-state index in [9.17, 15) is 9.59 Å². The second kappa shape index (κ2) is 9.52. The minimum atomic E-state index is -1.36. The van der Waals surface area contributed by atoms with Gasteiger partial charge in [-0.25, -0.2) is 0 Å². The van der Waals surface area contributed by atoms with Crippen LogP contribution in [0.3, 0.4) is 0 Å². The Balaban J connectivity index is 2.29. The molecule has 1 unspecified atom stereocenters. The fourth-order valence-corrected chi connectivity index (χ4v) is 2.71. The second-order valence-corrected chi connectivity index (χ2v) is 6.60. The van der Waals surface area contributed by atoms with Crippen molar-refractivity contribution in [3.63, 3.8) is 0 Å². The van der Waals surface area contributed by atoms with Gasteiger partial charge in [-0.05, 0) is 31.5 Å². The first-order valence-corrected chi connectivity index (χ1v) is 8.92. The molecule has 1 amide bonds. The molecule has 0 aromatic heterocycles. The Hall–Kier alpha value is -2.64. The number of nitrogens with zero attached hydrogens (tertiary/aromatic N) is 2. The Morgan fingerprint density at radius 3 is 2.39 bits per heavy atom. The molecule has 0 fully saturated rings. The molecule has 0 saturated carbocycles. The van der Waals surface area contributed by atoms with E-state index >= 15 is 0 Å². The van der Waals surface area contributed by atoms with Crippen molar-refractivity contribution >= 4 is 46.3 Å². The predicted molar refractivity (Wildman–Crippen MR) is 108 cm³/mol. The maximum absolute atomic E-state index is 12.6. The summed E-state index contributed by atoms with van der Waals surface area (Å²) in [6.45, 7) is 3.07. The number of methoxy groups -OCH3 is 2. The molecule has 0 bridgehead atoms. The van der Waals surface area contributed by atoms with E-state index in [0.717, 1.165) is 5.56 Å². The van der Waals surface area contributed by atoms with Crippen molar-refractivity contribution in [1.29, 1.82) is 0 Å². The van der Waals surface area contributed by atoms with Crippen LogP contribution in [0.2, 0.25) is 10.0 Å². The molecule has 28 heavy (non-hydrogen) atoms. The lowest BCUT2D eigenvalue weighted by Crippen LogP contribution is -2.32. The van der Waals surface area contributed by atoms with Crippen molar-refractivity contribution in [1.82, 2.24) is 0 Å². The fourth-order valence-electron chi connectivity index (χ4n) is 2.31. The van der Waals surface area contributed by atoms with Gasteiger partial charge in [0.05, 0.1) is 30.0 Å². The van der Waals surface area contributed by atoms with Crippen LogP contribution in [-0.4, -0.2) is 32.0 Å².